The van der Waals surface area contributed by atoms with E-state index >= 15 is 0 Å². The van der Waals surface area contributed by atoms with Crippen molar-refractivity contribution in [3.05, 3.63) is 33.8 Å². The van der Waals surface area contributed by atoms with Crippen molar-refractivity contribution in [3.8, 4) is 0 Å². The van der Waals surface area contributed by atoms with Crippen LogP contribution in [0.3, 0.4) is 0 Å². The largest absolute Gasteiger partial charge is 0.392 e. The van der Waals surface area contributed by atoms with E-state index in [1.807, 2.05) is 0 Å². The van der Waals surface area contributed by atoms with Gasteiger partial charge < -0.3 is 4.74 Å². The molecule has 1 saturated heterocycles. The van der Waals surface area contributed by atoms with Crippen LogP contribution in [0.5, 0.6) is 0 Å². The number of carbonyl (C=O) groups excluding carboxylic acids is 2. The van der Waals surface area contributed by atoms with Gasteiger partial charge in [0.15, 0.2) is 0 Å². The van der Waals surface area contributed by atoms with Gasteiger partial charge in [-0.3, -0.25) is 9.59 Å². The second-order valence-corrected chi connectivity index (χ2v) is 4.66. The summed E-state index contributed by atoms with van der Waals surface area (Å²) in [4.78, 5) is 22.7. The summed E-state index contributed by atoms with van der Waals surface area (Å²) in [5.41, 5.74) is -0.503. The van der Waals surface area contributed by atoms with Gasteiger partial charge in [-0.1, -0.05) is 35.3 Å². The molecule has 0 amide bonds. The third kappa shape index (κ3) is 1.60. The van der Waals surface area contributed by atoms with Gasteiger partial charge in [0.05, 0.1) is 16.5 Å². The zero-order valence-corrected chi connectivity index (χ0v) is 9.93. The number of ether oxygens (including phenoxy) is 1. The first-order chi connectivity index (χ1) is 7.45. The molecule has 0 spiro atoms. The maximum atomic E-state index is 11.6. The number of carbonyl (C=O) groups is 2. The van der Waals surface area contributed by atoms with Gasteiger partial charge in [0.2, 0.25) is 0 Å². The lowest BCUT2D eigenvalue weighted by Gasteiger charge is -2.20. The van der Waals surface area contributed by atoms with Crippen molar-refractivity contribution in [1.29, 1.82) is 0 Å². The lowest BCUT2D eigenvalue weighted by atomic mass is 9.81. The lowest BCUT2D eigenvalue weighted by Crippen LogP contribution is -2.27. The van der Waals surface area contributed by atoms with Crippen molar-refractivity contribution < 1.29 is 14.3 Å². The SMILES string of the molecule is CC1(c2cccc(Cl)c2Cl)CC(=O)OC1=O. The van der Waals surface area contributed by atoms with E-state index in [0.29, 0.717) is 15.6 Å². The van der Waals surface area contributed by atoms with Crippen LogP contribution in [0.15, 0.2) is 18.2 Å². The number of esters is 2. The zero-order chi connectivity index (χ0) is 11.9. The Labute approximate surface area is 102 Å². The molecule has 1 atom stereocenters. The van der Waals surface area contributed by atoms with Gasteiger partial charge in [-0.2, -0.15) is 0 Å². The molecular weight excluding hydrogens is 251 g/mol. The highest BCUT2D eigenvalue weighted by Crippen LogP contribution is 2.40. The number of rotatable bonds is 1. The molecule has 0 saturated carbocycles. The molecule has 16 heavy (non-hydrogen) atoms. The van der Waals surface area contributed by atoms with Crippen LogP contribution in [-0.4, -0.2) is 11.9 Å². The molecule has 1 aromatic carbocycles. The second kappa shape index (κ2) is 3.75. The van der Waals surface area contributed by atoms with Crippen LogP contribution in [0.1, 0.15) is 18.9 Å². The fourth-order valence-corrected chi connectivity index (χ4v) is 2.26. The first-order valence-electron chi connectivity index (χ1n) is 4.65. The molecule has 1 aromatic rings. The predicted octanol–water partition coefficient (Wildman–Crippen LogP) is 2.72. The molecule has 0 aliphatic carbocycles. The van der Waals surface area contributed by atoms with Gasteiger partial charge in [-0.15, -0.1) is 0 Å². The third-order valence-electron chi connectivity index (χ3n) is 2.70. The number of halogens is 2. The highest BCUT2D eigenvalue weighted by molar-refractivity contribution is 6.42. The van der Waals surface area contributed by atoms with Crippen molar-refractivity contribution in [1.82, 2.24) is 0 Å². The van der Waals surface area contributed by atoms with Crippen molar-refractivity contribution in [2.24, 2.45) is 0 Å². The summed E-state index contributed by atoms with van der Waals surface area (Å²) in [6.07, 6.45) is -0.00804. The molecule has 1 fully saturated rings. The predicted molar refractivity (Wildman–Crippen MR) is 59.5 cm³/mol. The van der Waals surface area contributed by atoms with Gasteiger partial charge in [-0.05, 0) is 18.6 Å². The summed E-state index contributed by atoms with van der Waals surface area (Å²) in [6, 6.07) is 4.98. The van der Waals surface area contributed by atoms with E-state index < -0.39 is 17.4 Å². The molecule has 0 bridgehead atoms. The Morgan fingerprint density at radius 3 is 2.56 bits per heavy atom. The highest BCUT2D eigenvalue weighted by atomic mass is 35.5. The van der Waals surface area contributed by atoms with E-state index in [4.69, 9.17) is 23.2 Å². The third-order valence-corrected chi connectivity index (χ3v) is 3.52. The van der Waals surface area contributed by atoms with Crippen LogP contribution in [0.25, 0.3) is 0 Å². The van der Waals surface area contributed by atoms with E-state index in [-0.39, 0.29) is 6.42 Å². The Bertz CT molecular complexity index is 484. The van der Waals surface area contributed by atoms with Gasteiger partial charge in [0, 0.05) is 0 Å². The summed E-state index contributed by atoms with van der Waals surface area (Å²) in [5.74, 6) is -1.12. The Balaban J connectivity index is 2.56. The fraction of sp³-hybridized carbons (Fsp3) is 0.273. The molecule has 5 heteroatoms. The second-order valence-electron chi connectivity index (χ2n) is 3.87. The number of hydrogen-bond donors (Lipinski definition) is 0. The topological polar surface area (TPSA) is 43.4 Å². The van der Waals surface area contributed by atoms with Gasteiger partial charge in [0.1, 0.15) is 5.41 Å². The zero-order valence-electron chi connectivity index (χ0n) is 8.42. The fourth-order valence-electron chi connectivity index (χ4n) is 1.75. The van der Waals surface area contributed by atoms with Crippen LogP contribution in [0.4, 0.5) is 0 Å². The van der Waals surface area contributed by atoms with Crippen LogP contribution >= 0.6 is 23.2 Å². The minimum Gasteiger partial charge on any atom is -0.392 e. The smallest absolute Gasteiger partial charge is 0.324 e. The maximum Gasteiger partial charge on any atom is 0.324 e. The summed E-state index contributed by atoms with van der Waals surface area (Å²) >= 11 is 11.9. The molecule has 1 aliphatic heterocycles. The van der Waals surface area contributed by atoms with E-state index in [0.717, 1.165) is 0 Å². The van der Waals surface area contributed by atoms with Crippen LogP contribution in [0, 0.1) is 0 Å². The molecule has 2 rings (SSSR count). The molecular formula is C11H8Cl2O3. The van der Waals surface area contributed by atoms with E-state index in [2.05, 4.69) is 4.74 Å². The molecule has 0 radical (unpaired) electrons. The standard InChI is InChI=1S/C11H8Cl2O3/c1-11(5-8(14)16-10(11)15)6-3-2-4-7(12)9(6)13/h2-4H,5H2,1H3. The Morgan fingerprint density at radius 2 is 2.00 bits per heavy atom. The Morgan fingerprint density at radius 1 is 1.31 bits per heavy atom. The quantitative estimate of drug-likeness (QED) is 0.575. The van der Waals surface area contributed by atoms with Gasteiger partial charge in [-0.25, -0.2) is 0 Å². The normalized spacial score (nSPS) is 24.7. The molecule has 3 nitrogen and oxygen atoms in total. The van der Waals surface area contributed by atoms with Crippen LogP contribution in [-0.2, 0) is 19.7 Å². The molecule has 0 aromatic heterocycles. The van der Waals surface area contributed by atoms with Crippen molar-refractivity contribution in [2.75, 3.05) is 0 Å². The van der Waals surface area contributed by atoms with E-state index in [9.17, 15) is 9.59 Å². The summed E-state index contributed by atoms with van der Waals surface area (Å²) < 4.78 is 4.55. The van der Waals surface area contributed by atoms with E-state index in [1.165, 1.54) is 0 Å². The van der Waals surface area contributed by atoms with Gasteiger partial charge >= 0.3 is 11.9 Å². The average Bonchev–Trinajstić information content (AvgIpc) is 2.46. The maximum absolute atomic E-state index is 11.6. The molecule has 84 valence electrons. The summed E-state index contributed by atoms with van der Waals surface area (Å²) in [6.45, 7) is 1.62. The van der Waals surface area contributed by atoms with E-state index in [1.54, 1.807) is 25.1 Å². The molecule has 1 heterocycles. The molecule has 1 aliphatic rings. The van der Waals surface area contributed by atoms with Crippen molar-refractivity contribution in [2.45, 2.75) is 18.8 Å². The summed E-state index contributed by atoms with van der Waals surface area (Å²) in [7, 11) is 0. The Kier molecular flexibility index (Phi) is 2.68. The summed E-state index contributed by atoms with van der Waals surface area (Å²) in [5, 5.41) is 0.644. The molecule has 1 unspecified atom stereocenters. The van der Waals surface area contributed by atoms with Gasteiger partial charge in [0.25, 0.3) is 0 Å². The minimum atomic E-state index is -1.03. The number of benzene rings is 1. The first kappa shape index (κ1) is 11.4. The van der Waals surface area contributed by atoms with Crippen LogP contribution in [0.2, 0.25) is 10.0 Å². The van der Waals surface area contributed by atoms with Crippen LogP contribution < -0.4 is 0 Å². The average molecular weight is 259 g/mol. The molecule has 0 N–H and O–H groups in total. The minimum absolute atomic E-state index is 0.00804. The highest BCUT2D eigenvalue weighted by Gasteiger charge is 2.47. The lowest BCUT2D eigenvalue weighted by molar-refractivity contribution is -0.153. The number of hydrogen-bond acceptors (Lipinski definition) is 3. The first-order valence-corrected chi connectivity index (χ1v) is 5.40. The van der Waals surface area contributed by atoms with Crippen molar-refractivity contribution in [3.63, 3.8) is 0 Å². The number of cyclic esters (lactones) is 2. The van der Waals surface area contributed by atoms with Crippen molar-refractivity contribution >= 4 is 35.1 Å². The monoisotopic (exact) mass is 258 g/mol. The Hall–Kier alpha value is -1.06.